The molecule has 0 aliphatic heterocycles. The van der Waals surface area contributed by atoms with E-state index < -0.39 is 26.9 Å². The van der Waals surface area contributed by atoms with Crippen molar-refractivity contribution in [2.75, 3.05) is 0 Å². The van der Waals surface area contributed by atoms with Crippen LogP contribution in [0.2, 0.25) is 0 Å². The van der Waals surface area contributed by atoms with Crippen LogP contribution in [0.25, 0.3) is 0 Å². The highest BCUT2D eigenvalue weighted by Crippen LogP contribution is 2.16. The van der Waals surface area contributed by atoms with E-state index in [1.807, 2.05) is 0 Å². The molecule has 0 spiro atoms. The van der Waals surface area contributed by atoms with E-state index in [1.165, 1.54) is 18.3 Å². The van der Waals surface area contributed by atoms with Crippen LogP contribution in [0.4, 0.5) is 4.39 Å². The highest BCUT2D eigenvalue weighted by atomic mass is 32.2. The molecule has 1 unspecified atom stereocenters. The van der Waals surface area contributed by atoms with Crippen molar-refractivity contribution < 1.29 is 17.3 Å². The molecule has 0 aliphatic carbocycles. The van der Waals surface area contributed by atoms with E-state index in [0.717, 1.165) is 5.56 Å². The molecule has 0 amide bonds. The van der Waals surface area contributed by atoms with Crippen molar-refractivity contribution in [1.82, 2.24) is 14.9 Å². The summed E-state index contributed by atoms with van der Waals surface area (Å²) in [6, 6.07) is 2.11. The van der Waals surface area contributed by atoms with Gasteiger partial charge in [-0.25, -0.2) is 18.1 Å². The summed E-state index contributed by atoms with van der Waals surface area (Å²) in [5.41, 5.74) is 1.56. The fourth-order valence-corrected chi connectivity index (χ4v) is 3.31. The minimum absolute atomic E-state index is 0.405. The van der Waals surface area contributed by atoms with Gasteiger partial charge in [-0.05, 0) is 39.3 Å². The van der Waals surface area contributed by atoms with Crippen LogP contribution in [0.1, 0.15) is 23.9 Å². The third kappa shape index (κ3) is 3.45. The van der Waals surface area contributed by atoms with Gasteiger partial charge in [-0.15, -0.1) is 0 Å². The molecule has 2 aromatic rings. The normalized spacial score (nSPS) is 13.3. The molecule has 0 bridgehead atoms. The van der Waals surface area contributed by atoms with Crippen LogP contribution >= 0.6 is 0 Å². The first-order valence-electron chi connectivity index (χ1n) is 6.36. The summed E-state index contributed by atoms with van der Waals surface area (Å²) in [7, 11) is -3.96. The van der Waals surface area contributed by atoms with Gasteiger partial charge in [-0.3, -0.25) is 0 Å². The summed E-state index contributed by atoms with van der Waals surface area (Å²) in [6.45, 7) is 5.24. The Morgan fingerprint density at radius 3 is 2.71 bits per heavy atom. The second kappa shape index (κ2) is 5.90. The monoisotopic (exact) mass is 313 g/mol. The number of aromatic nitrogens is 2. The highest BCUT2D eigenvalue weighted by Gasteiger charge is 2.23. The standard InChI is InChI=1S/C13H16FN3O3S/c1-8(7-11-9(2)16-20-10(11)3)17-21(18,19)12-5-4-6-15-13(12)14/h4-6,8,17H,7H2,1-3H3. The lowest BCUT2D eigenvalue weighted by Gasteiger charge is -2.14. The summed E-state index contributed by atoms with van der Waals surface area (Å²) in [5.74, 6) is -0.374. The molecule has 2 aromatic heterocycles. The Morgan fingerprint density at radius 2 is 2.14 bits per heavy atom. The van der Waals surface area contributed by atoms with Gasteiger partial charge >= 0.3 is 0 Å². The molecule has 1 N–H and O–H groups in total. The molecule has 0 saturated heterocycles. The van der Waals surface area contributed by atoms with Crippen LogP contribution in [-0.4, -0.2) is 24.6 Å². The SMILES string of the molecule is Cc1noc(C)c1CC(C)NS(=O)(=O)c1cccnc1F. The zero-order valence-corrected chi connectivity index (χ0v) is 12.7. The van der Waals surface area contributed by atoms with Gasteiger partial charge in [0.1, 0.15) is 10.7 Å². The van der Waals surface area contributed by atoms with Crippen LogP contribution in [0.15, 0.2) is 27.7 Å². The van der Waals surface area contributed by atoms with Gasteiger partial charge in [0.15, 0.2) is 0 Å². The predicted molar refractivity (Wildman–Crippen MR) is 73.7 cm³/mol. The summed E-state index contributed by atoms with van der Waals surface area (Å²) >= 11 is 0. The van der Waals surface area contributed by atoms with Crippen molar-refractivity contribution in [1.29, 1.82) is 0 Å². The number of aryl methyl sites for hydroxylation is 2. The molecular weight excluding hydrogens is 297 g/mol. The summed E-state index contributed by atoms with van der Waals surface area (Å²) < 4.78 is 45.2. The van der Waals surface area contributed by atoms with E-state index >= 15 is 0 Å². The largest absolute Gasteiger partial charge is 0.361 e. The molecule has 1 atom stereocenters. The fraction of sp³-hybridized carbons (Fsp3) is 0.385. The maximum absolute atomic E-state index is 13.5. The zero-order valence-electron chi connectivity index (χ0n) is 11.9. The van der Waals surface area contributed by atoms with E-state index in [2.05, 4.69) is 14.9 Å². The van der Waals surface area contributed by atoms with Crippen LogP contribution in [0.3, 0.4) is 0 Å². The van der Waals surface area contributed by atoms with E-state index in [1.54, 1.807) is 20.8 Å². The Morgan fingerprint density at radius 1 is 1.43 bits per heavy atom. The second-order valence-electron chi connectivity index (χ2n) is 4.82. The number of sulfonamides is 1. The number of nitrogens with one attached hydrogen (secondary N) is 1. The minimum atomic E-state index is -3.96. The summed E-state index contributed by atoms with van der Waals surface area (Å²) in [5, 5.41) is 3.82. The van der Waals surface area contributed by atoms with Gasteiger partial charge in [-0.2, -0.15) is 4.39 Å². The molecular formula is C13H16FN3O3S. The Balaban J connectivity index is 2.16. The Kier molecular flexibility index (Phi) is 4.38. The number of hydrogen-bond donors (Lipinski definition) is 1. The third-order valence-corrected chi connectivity index (χ3v) is 4.66. The van der Waals surface area contributed by atoms with Crippen LogP contribution in [0.5, 0.6) is 0 Å². The lowest BCUT2D eigenvalue weighted by atomic mass is 10.1. The van der Waals surface area contributed by atoms with E-state index in [0.29, 0.717) is 17.9 Å². The number of rotatable bonds is 5. The van der Waals surface area contributed by atoms with Gasteiger partial charge in [0.25, 0.3) is 0 Å². The topological polar surface area (TPSA) is 85.1 Å². The van der Waals surface area contributed by atoms with Crippen molar-refractivity contribution >= 4 is 10.0 Å². The third-order valence-electron chi connectivity index (χ3n) is 3.06. The summed E-state index contributed by atoms with van der Waals surface area (Å²) in [4.78, 5) is 2.88. The first-order valence-corrected chi connectivity index (χ1v) is 7.84. The Bertz CT molecular complexity index is 723. The highest BCUT2D eigenvalue weighted by molar-refractivity contribution is 7.89. The zero-order chi connectivity index (χ0) is 15.6. The number of halogens is 1. The molecule has 0 aliphatic rings. The fourth-order valence-electron chi connectivity index (χ4n) is 2.04. The molecule has 6 nitrogen and oxygen atoms in total. The molecule has 114 valence electrons. The molecule has 0 radical (unpaired) electrons. The van der Waals surface area contributed by atoms with Crippen molar-refractivity contribution in [2.24, 2.45) is 0 Å². The molecule has 0 saturated carbocycles. The van der Waals surface area contributed by atoms with E-state index in [-0.39, 0.29) is 0 Å². The first kappa shape index (κ1) is 15.6. The first-order chi connectivity index (χ1) is 9.81. The van der Waals surface area contributed by atoms with Gasteiger partial charge in [0.05, 0.1) is 5.69 Å². The minimum Gasteiger partial charge on any atom is -0.361 e. The molecule has 21 heavy (non-hydrogen) atoms. The van der Waals surface area contributed by atoms with Crippen LogP contribution in [0, 0.1) is 19.8 Å². The number of hydrogen-bond acceptors (Lipinski definition) is 5. The van der Waals surface area contributed by atoms with Gasteiger partial charge in [0, 0.05) is 17.8 Å². The number of pyridine rings is 1. The molecule has 0 aromatic carbocycles. The van der Waals surface area contributed by atoms with Gasteiger partial charge in [-0.1, -0.05) is 5.16 Å². The van der Waals surface area contributed by atoms with Gasteiger partial charge < -0.3 is 4.52 Å². The average Bonchev–Trinajstić information content (AvgIpc) is 2.70. The van der Waals surface area contributed by atoms with Crippen LogP contribution in [-0.2, 0) is 16.4 Å². The quantitative estimate of drug-likeness (QED) is 0.850. The van der Waals surface area contributed by atoms with E-state index in [4.69, 9.17) is 4.52 Å². The Labute approximate surface area is 122 Å². The van der Waals surface area contributed by atoms with E-state index in [9.17, 15) is 12.8 Å². The second-order valence-corrected chi connectivity index (χ2v) is 6.50. The molecule has 0 fully saturated rings. The van der Waals surface area contributed by atoms with Crippen molar-refractivity contribution in [3.63, 3.8) is 0 Å². The Hall–Kier alpha value is -1.80. The number of nitrogens with zero attached hydrogens (tertiary/aromatic N) is 2. The lowest BCUT2D eigenvalue weighted by Crippen LogP contribution is -2.34. The molecule has 2 heterocycles. The maximum Gasteiger partial charge on any atom is 0.245 e. The van der Waals surface area contributed by atoms with Crippen molar-refractivity contribution in [3.8, 4) is 0 Å². The smallest absolute Gasteiger partial charge is 0.245 e. The molecule has 8 heteroatoms. The average molecular weight is 313 g/mol. The van der Waals surface area contributed by atoms with Crippen molar-refractivity contribution in [3.05, 3.63) is 41.3 Å². The van der Waals surface area contributed by atoms with Crippen molar-refractivity contribution in [2.45, 2.75) is 38.1 Å². The van der Waals surface area contributed by atoms with Crippen LogP contribution < -0.4 is 4.72 Å². The maximum atomic E-state index is 13.5. The summed E-state index contributed by atoms with van der Waals surface area (Å²) in [6.07, 6.45) is 1.60. The molecule has 2 rings (SSSR count). The lowest BCUT2D eigenvalue weighted by molar-refractivity contribution is 0.392. The predicted octanol–water partition coefficient (Wildman–Crippen LogP) is 1.74. The van der Waals surface area contributed by atoms with Gasteiger partial charge in [0.2, 0.25) is 16.0 Å².